The number of ether oxygens (including phenoxy) is 1. The minimum absolute atomic E-state index is 0.416. The normalized spacial score (nSPS) is 12.2. The molecule has 0 fully saturated rings. The first kappa shape index (κ1) is 10.5. The quantitative estimate of drug-likeness (QED) is 0.663. The summed E-state index contributed by atoms with van der Waals surface area (Å²) >= 11 is 2.19. The Bertz CT molecular complexity index is 297. The van der Waals surface area contributed by atoms with Gasteiger partial charge in [-0.25, -0.2) is 0 Å². The van der Waals surface area contributed by atoms with Crippen LogP contribution in [0.4, 0.5) is 0 Å². The van der Waals surface area contributed by atoms with Crippen molar-refractivity contribution in [2.24, 2.45) is 5.73 Å². The van der Waals surface area contributed by atoms with Crippen LogP contribution < -0.4 is 5.73 Å². The van der Waals surface area contributed by atoms with Gasteiger partial charge in [0, 0.05) is 3.57 Å². The van der Waals surface area contributed by atoms with Crippen LogP contribution in [-0.2, 0) is 9.53 Å². The molecule has 1 aromatic rings. The maximum Gasteiger partial charge on any atom is 0.327 e. The minimum Gasteiger partial charge on any atom is -0.468 e. The second kappa shape index (κ2) is 4.57. The standard InChI is InChI=1S/C9H10INO2/c1-13-9(12)8(11)6-2-4-7(10)5-3-6/h2-5,8H,11H2,1H3/t8-/m1/s1. The smallest absolute Gasteiger partial charge is 0.327 e. The van der Waals surface area contributed by atoms with Gasteiger partial charge in [0.15, 0.2) is 0 Å². The molecule has 0 radical (unpaired) electrons. The number of nitrogens with two attached hydrogens (primary N) is 1. The van der Waals surface area contributed by atoms with E-state index < -0.39 is 12.0 Å². The first-order valence-electron chi connectivity index (χ1n) is 3.74. The highest BCUT2D eigenvalue weighted by Crippen LogP contribution is 2.13. The highest BCUT2D eigenvalue weighted by molar-refractivity contribution is 14.1. The molecule has 0 heterocycles. The molecule has 1 rings (SSSR count). The zero-order valence-corrected chi connectivity index (χ0v) is 9.32. The molecule has 0 aromatic heterocycles. The molecule has 0 aliphatic heterocycles. The van der Waals surface area contributed by atoms with Gasteiger partial charge in [-0.1, -0.05) is 12.1 Å². The molecule has 4 heteroatoms. The number of esters is 1. The topological polar surface area (TPSA) is 52.3 Å². The molecule has 0 amide bonds. The molecular formula is C9H10INO2. The summed E-state index contributed by atoms with van der Waals surface area (Å²) < 4.78 is 5.64. The van der Waals surface area contributed by atoms with E-state index in [1.54, 1.807) is 0 Å². The Morgan fingerprint density at radius 1 is 1.46 bits per heavy atom. The largest absolute Gasteiger partial charge is 0.468 e. The van der Waals surface area contributed by atoms with Crippen LogP contribution in [0.1, 0.15) is 11.6 Å². The third kappa shape index (κ3) is 2.67. The van der Waals surface area contributed by atoms with Gasteiger partial charge in [0.2, 0.25) is 0 Å². The van der Waals surface area contributed by atoms with Gasteiger partial charge >= 0.3 is 5.97 Å². The van der Waals surface area contributed by atoms with Crippen LogP contribution in [0.2, 0.25) is 0 Å². The molecule has 1 atom stereocenters. The van der Waals surface area contributed by atoms with Crippen molar-refractivity contribution >= 4 is 28.6 Å². The molecular weight excluding hydrogens is 281 g/mol. The summed E-state index contributed by atoms with van der Waals surface area (Å²) in [4.78, 5) is 11.0. The van der Waals surface area contributed by atoms with Crippen molar-refractivity contribution < 1.29 is 9.53 Å². The number of carbonyl (C=O) groups is 1. The second-order valence-corrected chi connectivity index (χ2v) is 3.80. The van der Waals surface area contributed by atoms with Crippen molar-refractivity contribution in [2.45, 2.75) is 6.04 Å². The maximum absolute atomic E-state index is 11.0. The third-order valence-corrected chi connectivity index (χ3v) is 2.40. The van der Waals surface area contributed by atoms with Gasteiger partial charge in [-0.3, -0.25) is 4.79 Å². The van der Waals surface area contributed by atoms with Gasteiger partial charge in [-0.05, 0) is 40.3 Å². The van der Waals surface area contributed by atoms with Gasteiger partial charge < -0.3 is 10.5 Å². The fourth-order valence-electron chi connectivity index (χ4n) is 0.933. The molecule has 13 heavy (non-hydrogen) atoms. The molecule has 1 aromatic carbocycles. The average molecular weight is 291 g/mol. The molecule has 0 aliphatic rings. The first-order valence-corrected chi connectivity index (χ1v) is 4.82. The molecule has 0 aliphatic carbocycles. The lowest BCUT2D eigenvalue weighted by Gasteiger charge is -2.08. The van der Waals surface area contributed by atoms with E-state index in [4.69, 9.17) is 5.73 Å². The highest BCUT2D eigenvalue weighted by Gasteiger charge is 2.15. The lowest BCUT2D eigenvalue weighted by molar-refractivity contribution is -0.142. The fraction of sp³-hybridized carbons (Fsp3) is 0.222. The van der Waals surface area contributed by atoms with Crippen molar-refractivity contribution in [1.82, 2.24) is 0 Å². The van der Waals surface area contributed by atoms with E-state index in [2.05, 4.69) is 27.3 Å². The third-order valence-electron chi connectivity index (χ3n) is 1.68. The Balaban J connectivity index is 2.83. The van der Waals surface area contributed by atoms with Crippen LogP contribution in [0, 0.1) is 3.57 Å². The predicted molar refractivity (Wildman–Crippen MR) is 58.1 cm³/mol. The molecule has 0 unspecified atom stereocenters. The molecule has 0 spiro atoms. The monoisotopic (exact) mass is 291 g/mol. The molecule has 70 valence electrons. The van der Waals surface area contributed by atoms with E-state index in [0.29, 0.717) is 0 Å². The summed E-state index contributed by atoms with van der Waals surface area (Å²) in [5, 5.41) is 0. The fourth-order valence-corrected chi connectivity index (χ4v) is 1.29. The Labute approximate surface area is 90.4 Å². The number of hydrogen-bond acceptors (Lipinski definition) is 3. The predicted octanol–water partition coefficient (Wildman–Crippen LogP) is 1.46. The number of rotatable bonds is 2. The summed E-state index contributed by atoms with van der Waals surface area (Å²) in [6.45, 7) is 0. The maximum atomic E-state index is 11.0. The lowest BCUT2D eigenvalue weighted by atomic mass is 10.1. The second-order valence-electron chi connectivity index (χ2n) is 2.55. The van der Waals surface area contributed by atoms with Crippen LogP contribution in [0.5, 0.6) is 0 Å². The van der Waals surface area contributed by atoms with E-state index in [1.807, 2.05) is 24.3 Å². The molecule has 0 bridgehead atoms. The van der Waals surface area contributed by atoms with E-state index in [0.717, 1.165) is 9.13 Å². The van der Waals surface area contributed by atoms with Crippen molar-refractivity contribution in [3.8, 4) is 0 Å². The molecule has 2 N–H and O–H groups in total. The van der Waals surface area contributed by atoms with Gasteiger partial charge in [0.05, 0.1) is 7.11 Å². The van der Waals surface area contributed by atoms with Gasteiger partial charge in [0.25, 0.3) is 0 Å². The summed E-state index contributed by atoms with van der Waals surface area (Å²) in [6, 6.07) is 6.77. The number of methoxy groups -OCH3 is 1. The Kier molecular flexibility index (Phi) is 3.68. The van der Waals surface area contributed by atoms with Crippen molar-refractivity contribution in [2.75, 3.05) is 7.11 Å². The van der Waals surface area contributed by atoms with Crippen molar-refractivity contribution in [1.29, 1.82) is 0 Å². The summed E-state index contributed by atoms with van der Waals surface area (Å²) in [6.07, 6.45) is 0. The SMILES string of the molecule is COC(=O)[C@H](N)c1ccc(I)cc1. The summed E-state index contributed by atoms with van der Waals surface area (Å²) in [5.74, 6) is -0.416. The average Bonchev–Trinajstić information content (AvgIpc) is 2.17. The van der Waals surface area contributed by atoms with Crippen LogP contribution in [0.3, 0.4) is 0 Å². The molecule has 0 saturated carbocycles. The van der Waals surface area contributed by atoms with Crippen LogP contribution in [-0.4, -0.2) is 13.1 Å². The van der Waals surface area contributed by atoms with E-state index in [-0.39, 0.29) is 0 Å². The number of carbonyl (C=O) groups excluding carboxylic acids is 1. The van der Waals surface area contributed by atoms with E-state index >= 15 is 0 Å². The summed E-state index contributed by atoms with van der Waals surface area (Å²) in [7, 11) is 1.33. The van der Waals surface area contributed by atoms with E-state index in [1.165, 1.54) is 7.11 Å². The van der Waals surface area contributed by atoms with Gasteiger partial charge in [-0.2, -0.15) is 0 Å². The zero-order valence-electron chi connectivity index (χ0n) is 7.16. The molecule has 3 nitrogen and oxygen atoms in total. The van der Waals surface area contributed by atoms with Crippen molar-refractivity contribution in [3.63, 3.8) is 0 Å². The Morgan fingerprint density at radius 2 is 2.00 bits per heavy atom. The van der Waals surface area contributed by atoms with Crippen molar-refractivity contribution in [3.05, 3.63) is 33.4 Å². The van der Waals surface area contributed by atoms with Gasteiger partial charge in [0.1, 0.15) is 6.04 Å². The molecule has 0 saturated heterocycles. The number of halogens is 1. The van der Waals surface area contributed by atoms with Gasteiger partial charge in [-0.15, -0.1) is 0 Å². The van der Waals surface area contributed by atoms with Crippen LogP contribution >= 0.6 is 22.6 Å². The zero-order chi connectivity index (χ0) is 9.84. The lowest BCUT2D eigenvalue weighted by Crippen LogP contribution is -2.22. The Hall–Kier alpha value is -0.620. The van der Waals surface area contributed by atoms with Crippen LogP contribution in [0.15, 0.2) is 24.3 Å². The highest BCUT2D eigenvalue weighted by atomic mass is 127. The Morgan fingerprint density at radius 3 is 2.46 bits per heavy atom. The minimum atomic E-state index is -0.679. The van der Waals surface area contributed by atoms with Crippen LogP contribution in [0.25, 0.3) is 0 Å². The van der Waals surface area contributed by atoms with E-state index in [9.17, 15) is 4.79 Å². The number of hydrogen-bond donors (Lipinski definition) is 1. The number of benzene rings is 1. The first-order chi connectivity index (χ1) is 6.15. The summed E-state index contributed by atoms with van der Waals surface area (Å²) in [5.41, 5.74) is 6.39.